The number of carboxylic acid groups (broad SMARTS) is 1. The molecular formula is C18H27NO2Si. The molecule has 1 heterocycles. The van der Waals surface area contributed by atoms with E-state index in [2.05, 4.69) is 51.8 Å². The van der Waals surface area contributed by atoms with Gasteiger partial charge in [-0.25, -0.2) is 4.79 Å². The number of carboxylic acids is 1. The standard InChI is InChI=1S/C18H27NO2Si/c1-12(2)22(13(3)4,14(5)6)19-11-16(18(20)21)15-9-7-8-10-17(15)19/h7-14H,1-6H3,(H,20,21). The van der Waals surface area contributed by atoms with Crippen LogP contribution in [0.2, 0.25) is 16.6 Å². The zero-order chi connectivity index (χ0) is 16.7. The topological polar surface area (TPSA) is 42.2 Å². The lowest BCUT2D eigenvalue weighted by molar-refractivity contribution is 0.0699. The third-order valence-corrected chi connectivity index (χ3v) is 11.9. The van der Waals surface area contributed by atoms with Crippen LogP contribution in [-0.4, -0.2) is 23.5 Å². The molecule has 0 saturated carbocycles. The summed E-state index contributed by atoms with van der Waals surface area (Å²) in [5, 5.41) is 10.4. The van der Waals surface area contributed by atoms with Crippen molar-refractivity contribution in [3.63, 3.8) is 0 Å². The molecule has 0 fully saturated rings. The molecule has 0 bridgehead atoms. The van der Waals surface area contributed by atoms with E-state index < -0.39 is 14.2 Å². The zero-order valence-corrected chi connectivity index (χ0v) is 15.4. The van der Waals surface area contributed by atoms with E-state index in [-0.39, 0.29) is 0 Å². The Kier molecular flexibility index (Phi) is 4.52. The van der Waals surface area contributed by atoms with Crippen molar-refractivity contribution in [2.24, 2.45) is 0 Å². The minimum Gasteiger partial charge on any atom is -0.478 e. The van der Waals surface area contributed by atoms with Crippen molar-refractivity contribution in [1.29, 1.82) is 0 Å². The monoisotopic (exact) mass is 317 g/mol. The van der Waals surface area contributed by atoms with Gasteiger partial charge in [-0.2, -0.15) is 0 Å². The Morgan fingerprint density at radius 2 is 1.50 bits per heavy atom. The fourth-order valence-corrected chi connectivity index (χ4v) is 11.1. The van der Waals surface area contributed by atoms with Crippen LogP contribution in [-0.2, 0) is 0 Å². The quantitative estimate of drug-likeness (QED) is 0.754. The van der Waals surface area contributed by atoms with Gasteiger partial charge in [-0.05, 0) is 22.7 Å². The summed E-state index contributed by atoms with van der Waals surface area (Å²) in [5.41, 5.74) is 3.09. The largest absolute Gasteiger partial charge is 0.478 e. The molecule has 2 rings (SSSR count). The Bertz CT molecular complexity index is 664. The Balaban J connectivity index is 2.89. The second-order valence-corrected chi connectivity index (χ2v) is 12.8. The summed E-state index contributed by atoms with van der Waals surface area (Å²) in [5.74, 6) is -0.839. The van der Waals surface area contributed by atoms with E-state index in [1.807, 2.05) is 24.4 Å². The van der Waals surface area contributed by atoms with Crippen molar-refractivity contribution in [2.45, 2.75) is 58.2 Å². The molecule has 0 aliphatic carbocycles. The van der Waals surface area contributed by atoms with Gasteiger partial charge in [0.2, 0.25) is 0 Å². The molecule has 0 saturated heterocycles. The summed E-state index contributed by atoms with van der Waals surface area (Å²) in [6.07, 6.45) is 1.90. The molecule has 0 aliphatic heterocycles. The third-order valence-electron chi connectivity index (χ3n) is 5.13. The van der Waals surface area contributed by atoms with E-state index in [0.717, 1.165) is 10.9 Å². The normalized spacial score (nSPS) is 12.8. The van der Waals surface area contributed by atoms with Gasteiger partial charge in [0.05, 0.1) is 5.56 Å². The van der Waals surface area contributed by atoms with Gasteiger partial charge in [0, 0.05) is 17.1 Å². The molecule has 3 nitrogen and oxygen atoms in total. The highest BCUT2D eigenvalue weighted by Gasteiger charge is 2.46. The summed E-state index contributed by atoms with van der Waals surface area (Å²) < 4.78 is 2.37. The van der Waals surface area contributed by atoms with Crippen LogP contribution >= 0.6 is 0 Å². The molecular weight excluding hydrogens is 290 g/mol. The van der Waals surface area contributed by atoms with Crippen LogP contribution in [0.15, 0.2) is 30.5 Å². The van der Waals surface area contributed by atoms with Gasteiger partial charge < -0.3 is 9.34 Å². The first-order chi connectivity index (χ1) is 10.2. The zero-order valence-electron chi connectivity index (χ0n) is 14.4. The summed E-state index contributed by atoms with van der Waals surface area (Å²) in [7, 11) is -1.94. The molecule has 1 aromatic heterocycles. The lowest BCUT2D eigenvalue weighted by Crippen LogP contribution is -2.51. The molecule has 0 aliphatic rings. The first-order valence-corrected chi connectivity index (χ1v) is 10.3. The summed E-state index contributed by atoms with van der Waals surface area (Å²) in [6, 6.07) is 7.92. The highest BCUT2D eigenvalue weighted by atomic mass is 28.3. The van der Waals surface area contributed by atoms with Gasteiger partial charge in [-0.15, -0.1) is 0 Å². The number of nitrogens with zero attached hydrogens (tertiary/aromatic N) is 1. The Morgan fingerprint density at radius 1 is 1.00 bits per heavy atom. The van der Waals surface area contributed by atoms with Crippen LogP contribution < -0.4 is 0 Å². The number of fused-ring (bicyclic) bond motifs is 1. The number of rotatable bonds is 5. The van der Waals surface area contributed by atoms with Crippen LogP contribution in [0, 0.1) is 0 Å². The predicted molar refractivity (Wildman–Crippen MR) is 95.3 cm³/mol. The van der Waals surface area contributed by atoms with Gasteiger partial charge in [0.15, 0.2) is 8.24 Å². The van der Waals surface area contributed by atoms with Crippen molar-refractivity contribution in [3.05, 3.63) is 36.0 Å². The van der Waals surface area contributed by atoms with Crippen molar-refractivity contribution in [3.8, 4) is 0 Å². The second kappa shape index (κ2) is 5.92. The van der Waals surface area contributed by atoms with Crippen LogP contribution in [0.4, 0.5) is 0 Å². The first-order valence-electron chi connectivity index (χ1n) is 8.08. The fraction of sp³-hybridized carbons (Fsp3) is 0.500. The minimum atomic E-state index is -1.94. The Labute approximate surface area is 134 Å². The number of aromatic carboxylic acids is 1. The average molecular weight is 318 g/mol. The maximum atomic E-state index is 11.7. The highest BCUT2D eigenvalue weighted by Crippen LogP contribution is 2.44. The van der Waals surface area contributed by atoms with E-state index in [9.17, 15) is 9.90 Å². The van der Waals surface area contributed by atoms with E-state index in [1.54, 1.807) is 0 Å². The number of benzene rings is 1. The number of hydrogen-bond donors (Lipinski definition) is 1. The van der Waals surface area contributed by atoms with E-state index in [4.69, 9.17) is 0 Å². The van der Waals surface area contributed by atoms with Crippen LogP contribution in [0.1, 0.15) is 51.9 Å². The maximum absolute atomic E-state index is 11.7. The first kappa shape index (κ1) is 16.8. The van der Waals surface area contributed by atoms with Crippen LogP contribution in [0.25, 0.3) is 10.9 Å². The summed E-state index contributed by atoms with van der Waals surface area (Å²) >= 11 is 0. The molecule has 22 heavy (non-hydrogen) atoms. The predicted octanol–water partition coefficient (Wildman–Crippen LogP) is 5.36. The molecule has 1 N–H and O–H groups in total. The molecule has 120 valence electrons. The molecule has 0 unspecified atom stereocenters. The van der Waals surface area contributed by atoms with Crippen LogP contribution in [0.5, 0.6) is 0 Å². The highest BCUT2D eigenvalue weighted by molar-refractivity contribution is 6.82. The molecule has 2 aromatic rings. The van der Waals surface area contributed by atoms with Gasteiger partial charge in [-0.3, -0.25) is 0 Å². The van der Waals surface area contributed by atoms with Gasteiger partial charge >= 0.3 is 5.97 Å². The fourth-order valence-electron chi connectivity index (χ4n) is 4.51. The molecule has 4 heteroatoms. The second-order valence-electron chi connectivity index (χ2n) is 7.09. The number of carbonyl (C=O) groups is 1. The Morgan fingerprint density at radius 3 is 1.95 bits per heavy atom. The lowest BCUT2D eigenvalue weighted by atomic mass is 10.2. The van der Waals surface area contributed by atoms with Gasteiger partial charge in [0.1, 0.15) is 0 Å². The Hall–Kier alpha value is -1.55. The smallest absolute Gasteiger partial charge is 0.337 e. The number of para-hydroxylation sites is 1. The molecule has 0 radical (unpaired) electrons. The van der Waals surface area contributed by atoms with E-state index >= 15 is 0 Å². The summed E-state index contributed by atoms with van der Waals surface area (Å²) in [4.78, 5) is 11.7. The van der Waals surface area contributed by atoms with Crippen molar-refractivity contribution >= 4 is 25.1 Å². The average Bonchev–Trinajstić information content (AvgIpc) is 2.78. The molecule has 1 aromatic carbocycles. The molecule has 0 atom stereocenters. The third kappa shape index (κ3) is 2.30. The minimum absolute atomic E-state index is 0.425. The van der Waals surface area contributed by atoms with Crippen molar-refractivity contribution < 1.29 is 9.90 Å². The molecule has 0 spiro atoms. The van der Waals surface area contributed by atoms with Crippen molar-refractivity contribution in [1.82, 2.24) is 4.23 Å². The number of hydrogen-bond acceptors (Lipinski definition) is 1. The van der Waals surface area contributed by atoms with Crippen molar-refractivity contribution in [2.75, 3.05) is 0 Å². The van der Waals surface area contributed by atoms with Crippen LogP contribution in [0.3, 0.4) is 0 Å². The maximum Gasteiger partial charge on any atom is 0.337 e. The number of aromatic nitrogens is 1. The van der Waals surface area contributed by atoms with E-state index in [1.165, 1.54) is 0 Å². The summed E-state index contributed by atoms with van der Waals surface area (Å²) in [6.45, 7) is 13.8. The SMILES string of the molecule is CC(C)[Si](C(C)C)(C(C)C)n1cc(C(=O)O)c2ccccc21. The van der Waals surface area contributed by atoms with E-state index in [0.29, 0.717) is 22.2 Å². The van der Waals surface area contributed by atoms with Gasteiger partial charge in [0.25, 0.3) is 0 Å². The molecule has 0 amide bonds. The van der Waals surface area contributed by atoms with Gasteiger partial charge in [-0.1, -0.05) is 59.7 Å². The lowest BCUT2D eigenvalue weighted by Gasteiger charge is -2.44.